The molecule has 0 bridgehead atoms. The molecule has 0 fully saturated rings. The van der Waals surface area contributed by atoms with Gasteiger partial charge >= 0.3 is 17.1 Å². The van der Waals surface area contributed by atoms with E-state index in [-0.39, 0.29) is 30.3 Å². The van der Waals surface area contributed by atoms with E-state index in [1.807, 2.05) is 0 Å². The summed E-state index contributed by atoms with van der Waals surface area (Å²) in [6.07, 6.45) is 44.0. The van der Waals surface area contributed by atoms with E-state index in [1.165, 1.54) is 141 Å². The number of allylic oxidation sites excluding steroid dienone is 4. The monoisotopic (exact) mass is 653 g/mol. The third-order valence-electron chi connectivity index (χ3n) is 7.81. The van der Waals surface area contributed by atoms with Gasteiger partial charge in [0.05, 0.1) is 13.2 Å². The zero-order valence-corrected chi connectivity index (χ0v) is 30.0. The largest absolute Gasteiger partial charge is 2.00 e. The Hall–Kier alpha value is 0.109. The van der Waals surface area contributed by atoms with Gasteiger partial charge in [0.25, 0.3) is 7.82 Å². The SMILES string of the molecule is CCCCCCCC/C=C\CCCCCCCCOP(=O)([O-])OCCCCCCCC/C=C\CCCCCCCC.[Fe+2]. The summed E-state index contributed by atoms with van der Waals surface area (Å²) in [5.74, 6) is 0. The van der Waals surface area contributed by atoms with Gasteiger partial charge in [-0.25, -0.2) is 0 Å². The van der Waals surface area contributed by atoms with E-state index in [1.54, 1.807) is 0 Å². The summed E-state index contributed by atoms with van der Waals surface area (Å²) in [7, 11) is -4.14. The predicted molar refractivity (Wildman–Crippen MR) is 178 cm³/mol. The van der Waals surface area contributed by atoms with Crippen molar-refractivity contribution in [2.75, 3.05) is 13.2 Å². The average Bonchev–Trinajstić information content (AvgIpc) is 2.96. The molecule has 0 aromatic rings. The maximum atomic E-state index is 11.9. The molecule has 42 heavy (non-hydrogen) atoms. The van der Waals surface area contributed by atoms with Gasteiger partial charge in [-0.3, -0.25) is 4.57 Å². The fourth-order valence-electron chi connectivity index (χ4n) is 5.09. The van der Waals surface area contributed by atoms with Crippen LogP contribution in [0.2, 0.25) is 0 Å². The summed E-state index contributed by atoms with van der Waals surface area (Å²) < 4.78 is 22.0. The molecule has 0 aliphatic heterocycles. The minimum Gasteiger partial charge on any atom is -0.756 e. The molecule has 0 aromatic heterocycles. The van der Waals surface area contributed by atoms with Crippen LogP contribution in [0.5, 0.6) is 0 Å². The van der Waals surface area contributed by atoms with Gasteiger partial charge in [0.2, 0.25) is 0 Å². The zero-order chi connectivity index (χ0) is 30.0. The molecule has 0 aliphatic carbocycles. The standard InChI is InChI=1S/C36H71O4P.Fe/c1-3-5-7-9-11-13-15-17-19-21-23-25-27-29-31-33-35-39-41(37,38)40-36-34-32-30-28-26-24-22-20-18-16-14-12-10-8-6-4-2;/h17-20H,3-16,21-36H2,1-2H3,(H,37,38);/q;+2/p-1/b19-17-,20-18-;. The minimum absolute atomic E-state index is 0. The molecule has 0 radical (unpaired) electrons. The van der Waals surface area contributed by atoms with Gasteiger partial charge in [0, 0.05) is 0 Å². The Bertz CT molecular complexity index is 563. The maximum Gasteiger partial charge on any atom is 2.00 e. The van der Waals surface area contributed by atoms with Crippen molar-refractivity contribution in [3.8, 4) is 0 Å². The summed E-state index contributed by atoms with van der Waals surface area (Å²) >= 11 is 0. The minimum atomic E-state index is -4.14. The summed E-state index contributed by atoms with van der Waals surface area (Å²) in [5.41, 5.74) is 0. The topological polar surface area (TPSA) is 58.6 Å². The van der Waals surface area contributed by atoms with Gasteiger partial charge in [-0.2, -0.15) is 0 Å². The second-order valence-corrected chi connectivity index (χ2v) is 13.4. The van der Waals surface area contributed by atoms with E-state index in [0.29, 0.717) is 0 Å². The van der Waals surface area contributed by atoms with Crippen LogP contribution < -0.4 is 4.89 Å². The normalized spacial score (nSPS) is 12.1. The Morgan fingerprint density at radius 2 is 0.667 bits per heavy atom. The summed E-state index contributed by atoms with van der Waals surface area (Å²) in [4.78, 5) is 11.9. The molecule has 0 heterocycles. The van der Waals surface area contributed by atoms with E-state index in [0.717, 1.165) is 38.5 Å². The summed E-state index contributed by atoms with van der Waals surface area (Å²) in [5, 5.41) is 0. The van der Waals surface area contributed by atoms with Crippen LogP contribution in [-0.4, -0.2) is 13.2 Å². The predicted octanol–water partition coefficient (Wildman–Crippen LogP) is 12.6. The fourth-order valence-corrected chi connectivity index (χ4v) is 5.87. The van der Waals surface area contributed by atoms with E-state index >= 15 is 0 Å². The van der Waals surface area contributed by atoms with Crippen LogP contribution in [0, 0.1) is 0 Å². The number of hydrogen-bond donors (Lipinski definition) is 0. The van der Waals surface area contributed by atoms with Gasteiger partial charge in [-0.05, 0) is 64.2 Å². The molecule has 0 spiro atoms. The van der Waals surface area contributed by atoms with Gasteiger partial charge in [-0.15, -0.1) is 0 Å². The third-order valence-corrected chi connectivity index (χ3v) is 8.81. The van der Waals surface area contributed by atoms with E-state index in [2.05, 4.69) is 38.2 Å². The summed E-state index contributed by atoms with van der Waals surface area (Å²) in [6.45, 7) is 5.02. The van der Waals surface area contributed by atoms with Crippen LogP contribution in [0.15, 0.2) is 24.3 Å². The molecule has 0 rings (SSSR count). The molecule has 0 aliphatic rings. The van der Waals surface area contributed by atoms with Crippen LogP contribution in [0.25, 0.3) is 0 Å². The quantitative estimate of drug-likeness (QED) is 0.0300. The van der Waals surface area contributed by atoms with Crippen LogP contribution in [0.4, 0.5) is 0 Å². The average molecular weight is 654 g/mol. The number of phosphoric ester groups is 1. The Morgan fingerprint density at radius 3 is 0.952 bits per heavy atom. The van der Waals surface area contributed by atoms with Crippen molar-refractivity contribution in [3.05, 3.63) is 24.3 Å². The molecule has 0 saturated carbocycles. The molecule has 0 amide bonds. The first kappa shape index (κ1) is 44.2. The molecule has 0 saturated heterocycles. The molecule has 250 valence electrons. The zero-order valence-electron chi connectivity index (χ0n) is 28.0. The number of rotatable bonds is 34. The molecule has 0 N–H and O–H groups in total. The molecule has 0 atom stereocenters. The van der Waals surface area contributed by atoms with Crippen molar-refractivity contribution >= 4 is 7.82 Å². The molecular weight excluding hydrogens is 583 g/mol. The Labute approximate surface area is 273 Å². The summed E-state index contributed by atoms with van der Waals surface area (Å²) in [6, 6.07) is 0. The van der Waals surface area contributed by atoms with Crippen LogP contribution in [0.3, 0.4) is 0 Å². The maximum absolute atomic E-state index is 11.9. The van der Waals surface area contributed by atoms with Crippen LogP contribution in [-0.2, 0) is 30.7 Å². The second kappa shape index (κ2) is 37.3. The van der Waals surface area contributed by atoms with Crippen molar-refractivity contribution in [2.24, 2.45) is 0 Å². The first-order chi connectivity index (χ1) is 20.1. The third kappa shape index (κ3) is 38.1. The number of unbranched alkanes of at least 4 members (excludes halogenated alkanes) is 24. The first-order valence-corrected chi connectivity index (χ1v) is 19.5. The van der Waals surface area contributed by atoms with E-state index in [4.69, 9.17) is 9.05 Å². The molecule has 0 aromatic carbocycles. The Morgan fingerprint density at radius 1 is 0.429 bits per heavy atom. The van der Waals surface area contributed by atoms with Crippen molar-refractivity contribution in [2.45, 2.75) is 194 Å². The fraction of sp³-hybridized carbons (Fsp3) is 0.889. The van der Waals surface area contributed by atoms with Gasteiger partial charge in [0.15, 0.2) is 0 Å². The van der Waals surface area contributed by atoms with Crippen LogP contribution >= 0.6 is 7.82 Å². The van der Waals surface area contributed by atoms with Crippen molar-refractivity contribution in [3.63, 3.8) is 0 Å². The van der Waals surface area contributed by atoms with Gasteiger partial charge in [-0.1, -0.05) is 154 Å². The van der Waals surface area contributed by atoms with Gasteiger partial charge in [0.1, 0.15) is 0 Å². The van der Waals surface area contributed by atoms with Crippen molar-refractivity contribution < 1.29 is 35.6 Å². The second-order valence-electron chi connectivity index (χ2n) is 12.0. The molecule has 4 nitrogen and oxygen atoms in total. The molecular formula is C36H70FeO4P+. The Balaban J connectivity index is 0. The van der Waals surface area contributed by atoms with Gasteiger partial charge < -0.3 is 13.9 Å². The van der Waals surface area contributed by atoms with E-state index < -0.39 is 7.82 Å². The van der Waals surface area contributed by atoms with Crippen molar-refractivity contribution in [1.82, 2.24) is 0 Å². The smallest absolute Gasteiger partial charge is 0.756 e. The van der Waals surface area contributed by atoms with Crippen molar-refractivity contribution in [1.29, 1.82) is 0 Å². The number of phosphoric acid groups is 1. The van der Waals surface area contributed by atoms with Crippen LogP contribution in [0.1, 0.15) is 194 Å². The first-order valence-electron chi connectivity index (χ1n) is 18.0. The Kier molecular flexibility index (Phi) is 39.3. The molecule has 0 unspecified atom stereocenters. The molecule has 6 heteroatoms. The number of hydrogen-bond acceptors (Lipinski definition) is 4. The van der Waals surface area contributed by atoms with E-state index in [9.17, 15) is 9.46 Å².